The van der Waals surface area contributed by atoms with Crippen LogP contribution in [0.1, 0.15) is 105 Å². The van der Waals surface area contributed by atoms with Crippen LogP contribution in [0.5, 0.6) is 34.5 Å². The molecule has 0 bridgehead atoms. The van der Waals surface area contributed by atoms with E-state index in [9.17, 15) is 0 Å². The lowest BCUT2D eigenvalue weighted by molar-refractivity contribution is 0.377. The maximum absolute atomic E-state index is 16.9. The quantitative estimate of drug-likeness (QED) is 0.0948. The van der Waals surface area contributed by atoms with Gasteiger partial charge in [-0.2, -0.15) is 0 Å². The Morgan fingerprint density at radius 3 is 0.794 bits per heavy atom. The van der Waals surface area contributed by atoms with Crippen LogP contribution in [-0.4, -0.2) is 0 Å². The fourth-order valence-corrected chi connectivity index (χ4v) is 13.0. The monoisotopic (exact) mass is 966 g/mol. The molecule has 0 saturated heterocycles. The molecule has 0 fully saturated rings. The van der Waals surface area contributed by atoms with E-state index >= 15 is 4.57 Å². The average molecular weight is 967 g/mol. The highest BCUT2D eigenvalue weighted by Gasteiger charge is 2.39. The summed E-state index contributed by atoms with van der Waals surface area (Å²) in [5, 5.41) is 1.46. The molecule has 0 aromatic heterocycles. The largest absolute Gasteiger partial charge is 0.530 e. The maximum Gasteiger partial charge on any atom is 0.530 e. The lowest BCUT2D eigenvalue weighted by Gasteiger charge is -2.29. The SMILES string of the molecule is CC(C)(C)c1ccccc1OP(Oc1ccccc1C(C)(C)C)Oc1ccccc1P(=O)(c1ccccc1)c1ccccc1OP(Oc1ccccc1C(C)(C)C)Oc1ccccc1C(C)(C)C. The van der Waals surface area contributed by atoms with Crippen LogP contribution in [0.4, 0.5) is 0 Å². The summed E-state index contributed by atoms with van der Waals surface area (Å²) in [5.41, 5.74) is 2.99. The molecule has 0 radical (unpaired) electrons. The van der Waals surface area contributed by atoms with Gasteiger partial charge in [-0.25, -0.2) is 0 Å². The van der Waals surface area contributed by atoms with Gasteiger partial charge in [-0.1, -0.05) is 210 Å². The van der Waals surface area contributed by atoms with Crippen molar-refractivity contribution < 1.29 is 31.7 Å². The van der Waals surface area contributed by atoms with Gasteiger partial charge in [0.05, 0.1) is 10.6 Å². The van der Waals surface area contributed by atoms with Gasteiger partial charge in [-0.15, -0.1) is 0 Å². The van der Waals surface area contributed by atoms with Crippen LogP contribution in [0.3, 0.4) is 0 Å². The van der Waals surface area contributed by atoms with Crippen molar-refractivity contribution in [2.75, 3.05) is 0 Å². The minimum atomic E-state index is -3.89. The Kier molecular flexibility index (Phi) is 15.2. The average Bonchev–Trinajstić information content (AvgIpc) is 3.29. The van der Waals surface area contributed by atoms with E-state index in [1.54, 1.807) is 0 Å². The highest BCUT2D eigenvalue weighted by atomic mass is 31.2. The van der Waals surface area contributed by atoms with Gasteiger partial charge in [0.2, 0.25) is 0 Å². The van der Waals surface area contributed by atoms with Gasteiger partial charge < -0.3 is 31.7 Å². The van der Waals surface area contributed by atoms with Gasteiger partial charge >= 0.3 is 17.2 Å². The second-order valence-corrected chi connectivity index (χ2v) is 25.5. The molecule has 0 saturated carbocycles. The number of hydrogen-bond donors (Lipinski definition) is 0. The zero-order valence-electron chi connectivity index (χ0n) is 41.4. The molecule has 10 heteroatoms. The number of benzene rings is 7. The third-order valence-electron chi connectivity index (χ3n) is 11.3. The van der Waals surface area contributed by atoms with E-state index in [-0.39, 0.29) is 21.7 Å². The molecule has 68 heavy (non-hydrogen) atoms. The lowest BCUT2D eigenvalue weighted by atomic mass is 9.86. The van der Waals surface area contributed by atoms with Crippen LogP contribution in [0.25, 0.3) is 0 Å². The van der Waals surface area contributed by atoms with Crippen molar-refractivity contribution in [2.45, 2.75) is 105 Å². The predicted molar refractivity (Wildman–Crippen MR) is 284 cm³/mol. The summed E-state index contributed by atoms with van der Waals surface area (Å²) in [6.45, 7) is 25.8. The van der Waals surface area contributed by atoms with Crippen molar-refractivity contribution in [3.05, 3.63) is 198 Å². The number of hydrogen-bond acceptors (Lipinski definition) is 7. The topological polar surface area (TPSA) is 72.5 Å². The van der Waals surface area contributed by atoms with Crippen LogP contribution in [-0.2, 0) is 26.2 Å². The molecule has 0 aliphatic carbocycles. The van der Waals surface area contributed by atoms with E-state index in [1.165, 1.54) is 0 Å². The summed E-state index contributed by atoms with van der Waals surface area (Å²) in [7, 11) is -8.31. The first-order valence-corrected chi connectivity index (χ1v) is 26.9. The van der Waals surface area contributed by atoms with Gasteiger partial charge in [0.25, 0.3) is 0 Å². The van der Waals surface area contributed by atoms with Gasteiger partial charge in [0, 0.05) is 27.6 Å². The summed E-state index contributed by atoms with van der Waals surface area (Å²) < 4.78 is 58.3. The summed E-state index contributed by atoms with van der Waals surface area (Å²) >= 11 is 0. The molecule has 0 amide bonds. The van der Waals surface area contributed by atoms with Crippen molar-refractivity contribution in [3.8, 4) is 34.5 Å². The highest BCUT2D eigenvalue weighted by molar-refractivity contribution is 7.85. The Balaban J connectivity index is 1.37. The molecule has 7 aromatic carbocycles. The van der Waals surface area contributed by atoms with Crippen molar-refractivity contribution in [1.82, 2.24) is 0 Å². The van der Waals surface area contributed by atoms with Crippen LogP contribution >= 0.6 is 24.3 Å². The number of rotatable bonds is 15. The molecule has 0 unspecified atom stereocenters. The summed E-state index contributed by atoms with van der Waals surface area (Å²) in [6, 6.07) is 56.2. The first kappa shape index (κ1) is 50.3. The standard InChI is InChI=1S/C58H65O7P3/c1-55(2,3)43-30-16-20-34-47(43)60-66(61-48-35-21-17-31-44(48)56(4,5)6)64-51-38-24-26-40-53(51)68(59,42-28-14-13-15-29-42)54-41-27-25-39-52(54)65-67(62-49-36-22-18-32-45(49)57(7,8)9)63-50-37-23-19-33-46(50)58(10,11)12/h13-41H,1-12H3. The second-order valence-electron chi connectivity index (χ2n) is 20.9. The van der Waals surface area contributed by atoms with E-state index < -0.39 is 24.3 Å². The van der Waals surface area contributed by atoms with Gasteiger partial charge in [-0.05, 0) is 70.2 Å². The molecule has 0 aliphatic rings. The van der Waals surface area contributed by atoms with Crippen molar-refractivity contribution in [1.29, 1.82) is 0 Å². The van der Waals surface area contributed by atoms with E-state index in [2.05, 4.69) is 107 Å². The zero-order valence-corrected chi connectivity index (χ0v) is 44.1. The molecule has 0 N–H and O–H groups in total. The molecule has 0 spiro atoms. The lowest BCUT2D eigenvalue weighted by Crippen LogP contribution is -2.27. The molecule has 0 atom stereocenters. The molecule has 7 rings (SSSR count). The Morgan fingerprint density at radius 2 is 0.515 bits per heavy atom. The van der Waals surface area contributed by atoms with Crippen LogP contribution in [0.15, 0.2) is 176 Å². The fraction of sp³-hybridized carbons (Fsp3) is 0.276. The Labute approximate surface area is 407 Å². The zero-order chi connectivity index (χ0) is 48.9. The first-order valence-electron chi connectivity index (χ1n) is 23.0. The molecular formula is C58H65O7P3. The minimum absolute atomic E-state index is 0.248. The third kappa shape index (κ3) is 11.8. The Bertz CT molecular complexity index is 2560. The summed E-state index contributed by atoms with van der Waals surface area (Å²) in [5.74, 6) is 3.23. The minimum Gasteiger partial charge on any atom is -0.408 e. The predicted octanol–water partition coefficient (Wildman–Crippen LogP) is 16.0. The molecule has 0 aliphatic heterocycles. The van der Waals surface area contributed by atoms with Crippen molar-refractivity contribution in [2.24, 2.45) is 0 Å². The van der Waals surface area contributed by atoms with E-state index in [0.29, 0.717) is 50.4 Å². The van der Waals surface area contributed by atoms with Crippen LogP contribution in [0, 0.1) is 0 Å². The molecule has 7 nitrogen and oxygen atoms in total. The van der Waals surface area contributed by atoms with Crippen LogP contribution < -0.4 is 43.1 Å². The van der Waals surface area contributed by atoms with Gasteiger partial charge in [0.15, 0.2) is 7.14 Å². The highest BCUT2D eigenvalue weighted by Crippen LogP contribution is 2.54. The molecule has 7 aromatic rings. The molecule has 354 valence electrons. The van der Waals surface area contributed by atoms with E-state index in [4.69, 9.17) is 27.1 Å². The maximum atomic E-state index is 16.9. The summed E-state index contributed by atoms with van der Waals surface area (Å²) in [6.07, 6.45) is 0. The smallest absolute Gasteiger partial charge is 0.408 e. The van der Waals surface area contributed by atoms with Gasteiger partial charge in [-0.3, -0.25) is 0 Å². The van der Waals surface area contributed by atoms with E-state index in [0.717, 1.165) is 22.3 Å². The first-order chi connectivity index (χ1) is 32.1. The second kappa shape index (κ2) is 20.6. The Hall–Kier alpha value is -5.57. The van der Waals surface area contributed by atoms with Gasteiger partial charge in [0.1, 0.15) is 34.5 Å². The van der Waals surface area contributed by atoms with E-state index in [1.807, 2.05) is 152 Å². The Morgan fingerprint density at radius 1 is 0.294 bits per heavy atom. The van der Waals surface area contributed by atoms with Crippen molar-refractivity contribution in [3.63, 3.8) is 0 Å². The van der Waals surface area contributed by atoms with Crippen LogP contribution in [0.2, 0.25) is 0 Å². The fourth-order valence-electron chi connectivity index (χ4n) is 7.89. The van der Waals surface area contributed by atoms with Crippen molar-refractivity contribution >= 4 is 40.3 Å². The number of para-hydroxylation sites is 6. The molecular weight excluding hydrogens is 902 g/mol. The normalized spacial score (nSPS) is 12.4. The molecule has 0 heterocycles. The third-order valence-corrected chi connectivity index (χ3v) is 16.5. The summed E-state index contributed by atoms with van der Waals surface area (Å²) in [4.78, 5) is 0.